The molecule has 5 heteroatoms. The lowest BCUT2D eigenvalue weighted by atomic mass is 9.86. The second-order valence-corrected chi connectivity index (χ2v) is 7.16. The Morgan fingerprint density at radius 3 is 2.39 bits per heavy atom. The van der Waals surface area contributed by atoms with Crippen LogP contribution in [0.25, 0.3) is 0 Å². The van der Waals surface area contributed by atoms with E-state index in [2.05, 4.69) is 55.5 Å². The number of benzene rings is 1. The molecule has 1 N–H and O–H groups in total. The first-order chi connectivity index (χ1) is 10.7. The molecular formula is C18H24ClN3O. The molecule has 1 atom stereocenters. The summed E-state index contributed by atoms with van der Waals surface area (Å²) >= 11 is 6.07. The monoisotopic (exact) mass is 333 g/mol. The van der Waals surface area contributed by atoms with Crippen molar-refractivity contribution < 1.29 is 4.79 Å². The number of carbonyl (C=O) groups is 1. The van der Waals surface area contributed by atoms with E-state index in [9.17, 15) is 4.79 Å². The number of carbonyl (C=O) groups excluding carboxylic acids is 1. The normalized spacial score (nSPS) is 13.0. The third-order valence-corrected chi connectivity index (χ3v) is 4.16. The SMILES string of the molecule is CCn1cc(Cl)c(C(=O)N[C@H](C)c2ccc(C(C)(C)C)cc2)n1. The van der Waals surface area contributed by atoms with Crippen molar-refractivity contribution in [2.24, 2.45) is 0 Å². The molecule has 4 nitrogen and oxygen atoms in total. The van der Waals surface area contributed by atoms with Gasteiger partial charge in [-0.05, 0) is 30.4 Å². The van der Waals surface area contributed by atoms with Gasteiger partial charge in [-0.2, -0.15) is 5.10 Å². The van der Waals surface area contributed by atoms with Crippen molar-refractivity contribution in [3.63, 3.8) is 0 Å². The maximum absolute atomic E-state index is 12.3. The number of rotatable bonds is 4. The summed E-state index contributed by atoms with van der Waals surface area (Å²) in [6.07, 6.45) is 1.67. The molecule has 0 aliphatic rings. The third-order valence-electron chi connectivity index (χ3n) is 3.88. The summed E-state index contributed by atoms with van der Waals surface area (Å²) < 4.78 is 1.65. The van der Waals surface area contributed by atoms with Gasteiger partial charge < -0.3 is 5.32 Å². The molecule has 0 aliphatic carbocycles. The lowest BCUT2D eigenvalue weighted by Crippen LogP contribution is -2.27. The Balaban J connectivity index is 2.10. The van der Waals surface area contributed by atoms with E-state index < -0.39 is 0 Å². The number of nitrogens with zero attached hydrogens (tertiary/aromatic N) is 2. The Labute approximate surface area is 142 Å². The molecule has 0 aliphatic heterocycles. The standard InChI is InChI=1S/C18H24ClN3O/c1-6-22-11-15(19)16(21-22)17(23)20-12(2)13-7-9-14(10-8-13)18(3,4)5/h7-12H,6H2,1-5H3,(H,20,23)/t12-/m1/s1. The number of hydrogen-bond acceptors (Lipinski definition) is 2. The van der Waals surface area contributed by atoms with Crippen molar-refractivity contribution in [1.29, 1.82) is 0 Å². The van der Waals surface area contributed by atoms with Crippen LogP contribution in [0.15, 0.2) is 30.5 Å². The fourth-order valence-electron chi connectivity index (χ4n) is 2.33. The molecule has 1 aromatic heterocycles. The quantitative estimate of drug-likeness (QED) is 0.904. The van der Waals surface area contributed by atoms with E-state index in [4.69, 9.17) is 11.6 Å². The van der Waals surface area contributed by atoms with Gasteiger partial charge in [-0.3, -0.25) is 9.48 Å². The van der Waals surface area contributed by atoms with E-state index in [0.717, 1.165) is 5.56 Å². The zero-order chi connectivity index (χ0) is 17.2. The number of aryl methyl sites for hydroxylation is 1. The van der Waals surface area contributed by atoms with Crippen LogP contribution >= 0.6 is 11.6 Å². The summed E-state index contributed by atoms with van der Waals surface area (Å²) in [7, 11) is 0. The average molecular weight is 334 g/mol. The maximum atomic E-state index is 12.3. The molecule has 2 aromatic rings. The summed E-state index contributed by atoms with van der Waals surface area (Å²) in [4.78, 5) is 12.3. The van der Waals surface area contributed by atoms with Crippen molar-refractivity contribution in [2.45, 2.75) is 52.6 Å². The van der Waals surface area contributed by atoms with E-state index in [1.54, 1.807) is 10.9 Å². The highest BCUT2D eigenvalue weighted by atomic mass is 35.5. The Bertz CT molecular complexity index is 683. The van der Waals surface area contributed by atoms with Crippen molar-refractivity contribution in [3.8, 4) is 0 Å². The van der Waals surface area contributed by atoms with Crippen molar-refractivity contribution >= 4 is 17.5 Å². The molecule has 0 unspecified atom stereocenters. The number of halogens is 1. The van der Waals surface area contributed by atoms with Gasteiger partial charge >= 0.3 is 0 Å². The van der Waals surface area contributed by atoms with Gasteiger partial charge in [0.1, 0.15) is 0 Å². The van der Waals surface area contributed by atoms with Gasteiger partial charge in [0.15, 0.2) is 5.69 Å². The van der Waals surface area contributed by atoms with Crippen LogP contribution in [0.3, 0.4) is 0 Å². The number of aromatic nitrogens is 2. The molecule has 0 spiro atoms. The summed E-state index contributed by atoms with van der Waals surface area (Å²) in [6, 6.07) is 8.21. The first kappa shape index (κ1) is 17.5. The van der Waals surface area contributed by atoms with Gasteiger partial charge in [-0.25, -0.2) is 0 Å². The van der Waals surface area contributed by atoms with Crippen molar-refractivity contribution in [1.82, 2.24) is 15.1 Å². The van der Waals surface area contributed by atoms with E-state index in [1.165, 1.54) is 5.56 Å². The van der Waals surface area contributed by atoms with Crippen LogP contribution in [0.1, 0.15) is 62.3 Å². The number of nitrogens with one attached hydrogen (secondary N) is 1. The zero-order valence-electron chi connectivity index (χ0n) is 14.4. The summed E-state index contributed by atoms with van der Waals surface area (Å²) in [5.74, 6) is -0.255. The zero-order valence-corrected chi connectivity index (χ0v) is 15.1. The van der Waals surface area contributed by atoms with Gasteiger partial charge in [0.25, 0.3) is 5.91 Å². The fourth-order valence-corrected chi connectivity index (χ4v) is 2.57. The highest BCUT2D eigenvalue weighted by Gasteiger charge is 2.19. The lowest BCUT2D eigenvalue weighted by molar-refractivity contribution is 0.0934. The molecule has 0 saturated carbocycles. The molecule has 1 heterocycles. The van der Waals surface area contributed by atoms with Crippen LogP contribution in [-0.2, 0) is 12.0 Å². The molecule has 0 saturated heterocycles. The van der Waals surface area contributed by atoms with Crippen LogP contribution in [0, 0.1) is 0 Å². The molecule has 23 heavy (non-hydrogen) atoms. The Morgan fingerprint density at radius 2 is 1.91 bits per heavy atom. The lowest BCUT2D eigenvalue weighted by Gasteiger charge is -2.20. The Kier molecular flexibility index (Phi) is 5.15. The highest BCUT2D eigenvalue weighted by molar-refractivity contribution is 6.33. The molecule has 1 amide bonds. The average Bonchev–Trinajstić information content (AvgIpc) is 2.87. The smallest absolute Gasteiger partial charge is 0.273 e. The van der Waals surface area contributed by atoms with Crippen LogP contribution in [0.2, 0.25) is 5.02 Å². The first-order valence-electron chi connectivity index (χ1n) is 7.86. The highest BCUT2D eigenvalue weighted by Crippen LogP contribution is 2.24. The van der Waals surface area contributed by atoms with Gasteiger partial charge in [-0.1, -0.05) is 56.6 Å². The van der Waals surface area contributed by atoms with Crippen molar-refractivity contribution in [2.75, 3.05) is 0 Å². The Morgan fingerprint density at radius 1 is 1.30 bits per heavy atom. The fraction of sp³-hybridized carbons (Fsp3) is 0.444. The minimum absolute atomic E-state index is 0.112. The van der Waals surface area contributed by atoms with E-state index >= 15 is 0 Å². The predicted octanol–water partition coefficient (Wildman–Crippen LogP) is 4.34. The van der Waals surface area contributed by atoms with Gasteiger partial charge in [0, 0.05) is 12.7 Å². The summed E-state index contributed by atoms with van der Waals surface area (Å²) in [6.45, 7) is 11.1. The van der Waals surface area contributed by atoms with Crippen LogP contribution in [0.5, 0.6) is 0 Å². The minimum Gasteiger partial charge on any atom is -0.344 e. The van der Waals surface area contributed by atoms with Crippen LogP contribution < -0.4 is 5.32 Å². The molecule has 1 aromatic carbocycles. The molecule has 0 fully saturated rings. The summed E-state index contributed by atoms with van der Waals surface area (Å²) in [5, 5.41) is 7.52. The second-order valence-electron chi connectivity index (χ2n) is 6.75. The topological polar surface area (TPSA) is 46.9 Å². The second kappa shape index (κ2) is 6.75. The summed E-state index contributed by atoms with van der Waals surface area (Å²) in [5.41, 5.74) is 2.71. The minimum atomic E-state index is -0.255. The molecular weight excluding hydrogens is 310 g/mol. The van der Waals surface area contributed by atoms with Gasteiger partial charge in [-0.15, -0.1) is 0 Å². The van der Waals surface area contributed by atoms with E-state index in [1.807, 2.05) is 13.8 Å². The first-order valence-corrected chi connectivity index (χ1v) is 8.24. The Hall–Kier alpha value is -1.81. The predicted molar refractivity (Wildman–Crippen MR) is 93.9 cm³/mol. The van der Waals surface area contributed by atoms with Crippen molar-refractivity contribution in [3.05, 3.63) is 52.3 Å². The molecule has 0 radical (unpaired) electrons. The number of hydrogen-bond donors (Lipinski definition) is 1. The number of amides is 1. The van der Waals surface area contributed by atoms with Crippen LogP contribution in [0.4, 0.5) is 0 Å². The molecule has 0 bridgehead atoms. The van der Waals surface area contributed by atoms with Crippen LogP contribution in [-0.4, -0.2) is 15.7 Å². The van der Waals surface area contributed by atoms with E-state index in [-0.39, 0.29) is 23.1 Å². The maximum Gasteiger partial charge on any atom is 0.273 e. The molecule has 2 rings (SSSR count). The third kappa shape index (κ3) is 4.14. The largest absolute Gasteiger partial charge is 0.344 e. The molecule has 124 valence electrons. The van der Waals surface area contributed by atoms with Gasteiger partial charge in [0.05, 0.1) is 11.1 Å². The van der Waals surface area contributed by atoms with E-state index in [0.29, 0.717) is 11.6 Å². The van der Waals surface area contributed by atoms with Gasteiger partial charge in [0.2, 0.25) is 0 Å².